The Bertz CT molecular complexity index is 1360. The lowest BCUT2D eigenvalue weighted by atomic mass is 9.33. The first kappa shape index (κ1) is 38.8. The molecule has 0 heterocycles. The summed E-state index contributed by atoms with van der Waals surface area (Å²) >= 11 is 0. The number of unbranched alkanes of at least 4 members (excludes halogenated alkanes) is 2. The standard InChI is InChI=1S/C42H66O8/c1-37(2)25-28-27-17-18-30-40(6)21-20-31(49-35(47)15-11-9-13-33(43)44)38(3,4)29(40)19-22-42(30,8)41(27,7)24-23-39(28,5)32(26-37)50-36(48)16-12-10-14-34(45)46/h17,28-32H,9-16,18-26H2,1-8H3,(H,43,44)(H,45,46)/t28?,29?,30?,31-,32+,39+,40-,41+,42+/m0/s1. The molecule has 4 fully saturated rings. The van der Waals surface area contributed by atoms with Crippen molar-refractivity contribution < 1.29 is 38.9 Å². The molecule has 50 heavy (non-hydrogen) atoms. The number of carbonyl (C=O) groups is 4. The van der Waals surface area contributed by atoms with Crippen LogP contribution in [0, 0.1) is 50.2 Å². The highest BCUT2D eigenvalue weighted by Gasteiger charge is 2.69. The van der Waals surface area contributed by atoms with Gasteiger partial charge in [-0.1, -0.05) is 67.0 Å². The average Bonchev–Trinajstić information content (AvgIpc) is 3.00. The lowest BCUT2D eigenvalue weighted by Gasteiger charge is -2.71. The largest absolute Gasteiger partial charge is 0.481 e. The Morgan fingerprint density at radius 1 is 0.660 bits per heavy atom. The van der Waals surface area contributed by atoms with Gasteiger partial charge in [0.2, 0.25) is 0 Å². The van der Waals surface area contributed by atoms with E-state index in [1.165, 1.54) is 0 Å². The summed E-state index contributed by atoms with van der Waals surface area (Å²) < 4.78 is 12.5. The van der Waals surface area contributed by atoms with Crippen molar-refractivity contribution in [2.24, 2.45) is 50.2 Å². The molecule has 0 aliphatic heterocycles. The van der Waals surface area contributed by atoms with Crippen LogP contribution in [0.5, 0.6) is 0 Å². The molecule has 0 aromatic heterocycles. The van der Waals surface area contributed by atoms with Crippen molar-refractivity contribution in [3.8, 4) is 0 Å². The zero-order valence-electron chi connectivity index (χ0n) is 32.3. The second-order valence-corrected chi connectivity index (χ2v) is 19.4. The normalized spacial score (nSPS) is 39.8. The van der Waals surface area contributed by atoms with Crippen molar-refractivity contribution >= 4 is 23.9 Å². The van der Waals surface area contributed by atoms with Crippen molar-refractivity contribution in [1.29, 1.82) is 0 Å². The number of carbonyl (C=O) groups excluding carboxylic acids is 2. The van der Waals surface area contributed by atoms with Crippen LogP contribution < -0.4 is 0 Å². The molecule has 0 aromatic carbocycles. The van der Waals surface area contributed by atoms with Gasteiger partial charge in [-0.3, -0.25) is 19.2 Å². The molecule has 5 rings (SSSR count). The SMILES string of the molecule is CC1(C)CC2C3=CCC4[C@@]5(C)CC[C@H](OC(=O)CCCCC(=O)O)C(C)(C)C5CC[C@@]4(C)[C@]3(C)CC[C@@]2(C)[C@H](OC(=O)CCCCC(=O)O)C1. The molecule has 0 spiro atoms. The lowest BCUT2D eigenvalue weighted by Crippen LogP contribution is -2.65. The van der Waals surface area contributed by atoms with Gasteiger partial charge in [-0.25, -0.2) is 0 Å². The third-order valence-corrected chi connectivity index (χ3v) is 15.6. The van der Waals surface area contributed by atoms with Crippen LogP contribution in [0.15, 0.2) is 11.6 Å². The summed E-state index contributed by atoms with van der Waals surface area (Å²) in [7, 11) is 0. The molecule has 0 aromatic rings. The van der Waals surface area contributed by atoms with Gasteiger partial charge in [0, 0.05) is 36.5 Å². The Balaban J connectivity index is 1.34. The Labute approximate surface area is 300 Å². The fourth-order valence-electron chi connectivity index (χ4n) is 12.5. The lowest BCUT2D eigenvalue weighted by molar-refractivity contribution is -0.217. The summed E-state index contributed by atoms with van der Waals surface area (Å²) in [6, 6.07) is 0. The number of carboxylic acids is 2. The molecule has 0 saturated heterocycles. The molecule has 8 nitrogen and oxygen atoms in total. The third kappa shape index (κ3) is 6.91. The predicted octanol–water partition coefficient (Wildman–Crippen LogP) is 9.53. The Hall–Kier alpha value is -2.38. The zero-order valence-corrected chi connectivity index (χ0v) is 32.3. The highest BCUT2D eigenvalue weighted by molar-refractivity contribution is 5.70. The smallest absolute Gasteiger partial charge is 0.306 e. The molecular formula is C42H66O8. The first-order chi connectivity index (χ1) is 23.2. The van der Waals surface area contributed by atoms with E-state index >= 15 is 0 Å². The molecule has 0 amide bonds. The number of hydrogen-bond acceptors (Lipinski definition) is 6. The maximum absolute atomic E-state index is 13.1. The quantitative estimate of drug-likeness (QED) is 0.117. The number of hydrogen-bond donors (Lipinski definition) is 2. The van der Waals surface area contributed by atoms with Crippen molar-refractivity contribution in [2.75, 3.05) is 0 Å². The zero-order chi connectivity index (χ0) is 36.9. The maximum atomic E-state index is 13.1. The predicted molar refractivity (Wildman–Crippen MR) is 192 cm³/mol. The van der Waals surface area contributed by atoms with E-state index in [0.717, 1.165) is 57.8 Å². The van der Waals surface area contributed by atoms with E-state index in [4.69, 9.17) is 19.7 Å². The topological polar surface area (TPSA) is 127 Å². The molecule has 2 N–H and O–H groups in total. The highest BCUT2D eigenvalue weighted by Crippen LogP contribution is 2.76. The Morgan fingerprint density at radius 3 is 1.80 bits per heavy atom. The van der Waals surface area contributed by atoms with Crippen molar-refractivity contribution in [3.05, 3.63) is 11.6 Å². The van der Waals surface area contributed by atoms with E-state index in [0.29, 0.717) is 43.4 Å². The van der Waals surface area contributed by atoms with E-state index < -0.39 is 11.9 Å². The van der Waals surface area contributed by atoms with Gasteiger partial charge < -0.3 is 19.7 Å². The van der Waals surface area contributed by atoms with E-state index in [-0.39, 0.29) is 82.3 Å². The van der Waals surface area contributed by atoms with Gasteiger partial charge in [-0.15, -0.1) is 0 Å². The summed E-state index contributed by atoms with van der Waals surface area (Å²) in [5.74, 6) is -0.733. The van der Waals surface area contributed by atoms with Crippen LogP contribution in [0.1, 0.15) is 165 Å². The maximum Gasteiger partial charge on any atom is 0.306 e. The van der Waals surface area contributed by atoms with E-state index in [2.05, 4.69) is 61.5 Å². The van der Waals surface area contributed by atoms with Crippen LogP contribution in [-0.2, 0) is 28.7 Å². The van der Waals surface area contributed by atoms with Crippen molar-refractivity contribution in [1.82, 2.24) is 0 Å². The number of rotatable bonds is 12. The van der Waals surface area contributed by atoms with Gasteiger partial charge in [-0.2, -0.15) is 0 Å². The molecule has 3 unspecified atom stereocenters. The van der Waals surface area contributed by atoms with Crippen LogP contribution in [0.25, 0.3) is 0 Å². The van der Waals surface area contributed by atoms with Crippen LogP contribution in [0.3, 0.4) is 0 Å². The highest BCUT2D eigenvalue weighted by atomic mass is 16.5. The van der Waals surface area contributed by atoms with Gasteiger partial charge in [0.25, 0.3) is 0 Å². The summed E-state index contributed by atoms with van der Waals surface area (Å²) in [6.07, 6.45) is 14.4. The first-order valence-corrected chi connectivity index (χ1v) is 19.7. The molecule has 8 heteroatoms. The van der Waals surface area contributed by atoms with Gasteiger partial charge >= 0.3 is 23.9 Å². The van der Waals surface area contributed by atoms with Gasteiger partial charge in [0.1, 0.15) is 12.2 Å². The molecule has 9 atom stereocenters. The van der Waals surface area contributed by atoms with Crippen molar-refractivity contribution in [3.63, 3.8) is 0 Å². The van der Waals surface area contributed by atoms with Crippen LogP contribution in [0.2, 0.25) is 0 Å². The van der Waals surface area contributed by atoms with Crippen LogP contribution >= 0.6 is 0 Å². The minimum atomic E-state index is -0.827. The minimum Gasteiger partial charge on any atom is -0.481 e. The number of ether oxygens (including phenoxy) is 2. The molecule has 0 bridgehead atoms. The fourth-order valence-corrected chi connectivity index (χ4v) is 12.5. The third-order valence-electron chi connectivity index (χ3n) is 15.6. The van der Waals surface area contributed by atoms with Crippen molar-refractivity contribution in [2.45, 2.75) is 177 Å². The number of aliphatic carboxylic acids is 2. The summed E-state index contributed by atoms with van der Waals surface area (Å²) in [5, 5.41) is 17.9. The Morgan fingerprint density at radius 2 is 1.22 bits per heavy atom. The average molecular weight is 699 g/mol. The number of carboxylic acid groups (broad SMARTS) is 2. The number of esters is 2. The second-order valence-electron chi connectivity index (χ2n) is 19.4. The molecule has 0 radical (unpaired) electrons. The monoisotopic (exact) mass is 698 g/mol. The van der Waals surface area contributed by atoms with E-state index in [1.54, 1.807) is 5.57 Å². The first-order valence-electron chi connectivity index (χ1n) is 19.7. The molecule has 4 saturated carbocycles. The number of fused-ring (bicyclic) bond motifs is 7. The van der Waals surface area contributed by atoms with Crippen LogP contribution in [-0.4, -0.2) is 46.3 Å². The second kappa shape index (κ2) is 13.9. The molecule has 282 valence electrons. The van der Waals surface area contributed by atoms with Gasteiger partial charge in [0.05, 0.1) is 0 Å². The van der Waals surface area contributed by atoms with Gasteiger partial charge in [0.15, 0.2) is 0 Å². The molecule has 5 aliphatic carbocycles. The van der Waals surface area contributed by atoms with E-state index in [9.17, 15) is 19.2 Å². The summed E-state index contributed by atoms with van der Waals surface area (Å²) in [4.78, 5) is 47.8. The van der Waals surface area contributed by atoms with E-state index in [1.807, 2.05) is 0 Å². The molecular weight excluding hydrogens is 632 g/mol. The number of allylic oxidation sites excluding steroid dienone is 2. The van der Waals surface area contributed by atoms with Gasteiger partial charge in [-0.05, 0) is 123 Å². The summed E-state index contributed by atoms with van der Waals surface area (Å²) in [6.45, 7) is 19.3. The fraction of sp³-hybridized carbons (Fsp3) is 0.857. The summed E-state index contributed by atoms with van der Waals surface area (Å²) in [5.41, 5.74) is 1.67. The van der Waals surface area contributed by atoms with Crippen LogP contribution in [0.4, 0.5) is 0 Å². The minimum absolute atomic E-state index is 0.0367. The molecule has 5 aliphatic rings. The Kier molecular flexibility index (Phi) is 10.8.